The largest absolute Gasteiger partial charge is 0.458 e. The van der Waals surface area contributed by atoms with E-state index in [0.717, 1.165) is 48.9 Å². The van der Waals surface area contributed by atoms with Gasteiger partial charge in [0, 0.05) is 25.2 Å². The molecule has 1 aromatic carbocycles. The molecule has 5 heterocycles. The molecule has 2 aromatic rings. The minimum Gasteiger partial charge on any atom is -0.458 e. The molecule has 1 aliphatic carbocycles. The Bertz CT molecular complexity index is 1190. The lowest BCUT2D eigenvalue weighted by molar-refractivity contribution is -0.153. The standard InChI is InChI=1S/C26H26FN3O5/c27-17-4-5-18(28-10-17)25(31)30-12-15-7-19-23(30)24(35-26(32)16-2-3-16)20(8-15)29(19)11-14-1-6-21-22(9-14)34-13-33-21/h1,4-6,9-10,15-16,19-20,23-24H,2-3,7-8,11-13H2/t15-,19+,20?,23+,24-/m1/s1. The van der Waals surface area contributed by atoms with Crippen LogP contribution in [0.5, 0.6) is 11.5 Å². The molecular formula is C26H26FN3O5. The number of esters is 1. The maximum atomic E-state index is 13.5. The van der Waals surface area contributed by atoms with Crippen LogP contribution >= 0.6 is 0 Å². The third kappa shape index (κ3) is 3.55. The van der Waals surface area contributed by atoms with E-state index >= 15 is 0 Å². The van der Waals surface area contributed by atoms with Gasteiger partial charge in [0.1, 0.15) is 17.6 Å². The number of hydrogen-bond donors (Lipinski definition) is 0. The van der Waals surface area contributed by atoms with Crippen LogP contribution in [0.3, 0.4) is 0 Å². The highest BCUT2D eigenvalue weighted by Crippen LogP contribution is 2.48. The highest BCUT2D eigenvalue weighted by Gasteiger charge is 2.61. The molecule has 4 fully saturated rings. The summed E-state index contributed by atoms with van der Waals surface area (Å²) in [7, 11) is 0. The summed E-state index contributed by atoms with van der Waals surface area (Å²) in [6.45, 7) is 1.50. The molecule has 1 aromatic heterocycles. The Hall–Kier alpha value is -3.20. The quantitative estimate of drug-likeness (QED) is 0.610. The van der Waals surface area contributed by atoms with Crippen molar-refractivity contribution in [1.82, 2.24) is 14.8 Å². The molecule has 3 bridgehead atoms. The van der Waals surface area contributed by atoms with Crippen molar-refractivity contribution in [2.45, 2.75) is 56.5 Å². The average Bonchev–Trinajstić information content (AvgIpc) is 3.61. The molecule has 1 saturated carbocycles. The molecule has 35 heavy (non-hydrogen) atoms. The van der Waals surface area contributed by atoms with Gasteiger partial charge in [-0.2, -0.15) is 0 Å². The normalized spacial score (nSPS) is 30.5. The van der Waals surface area contributed by atoms with E-state index in [9.17, 15) is 14.0 Å². The van der Waals surface area contributed by atoms with E-state index in [1.807, 2.05) is 23.1 Å². The number of likely N-dealkylation sites (tertiary alicyclic amines) is 1. The Morgan fingerprint density at radius 3 is 2.71 bits per heavy atom. The summed E-state index contributed by atoms with van der Waals surface area (Å²) in [5.41, 5.74) is 1.31. The van der Waals surface area contributed by atoms with E-state index in [4.69, 9.17) is 14.2 Å². The fourth-order valence-corrected chi connectivity index (χ4v) is 6.39. The number of fused-ring (bicyclic) bond motifs is 3. The maximum absolute atomic E-state index is 13.5. The van der Waals surface area contributed by atoms with Gasteiger partial charge >= 0.3 is 5.97 Å². The Morgan fingerprint density at radius 2 is 1.91 bits per heavy atom. The highest BCUT2D eigenvalue weighted by atomic mass is 19.1. The van der Waals surface area contributed by atoms with Gasteiger partial charge in [0.05, 0.1) is 18.2 Å². The van der Waals surface area contributed by atoms with Crippen molar-refractivity contribution in [1.29, 1.82) is 0 Å². The van der Waals surface area contributed by atoms with E-state index in [0.29, 0.717) is 19.0 Å². The van der Waals surface area contributed by atoms with Crippen LogP contribution < -0.4 is 9.47 Å². The molecule has 3 saturated heterocycles. The number of piperidine rings is 2. The predicted octanol–water partition coefficient (Wildman–Crippen LogP) is 2.76. The number of ether oxygens (including phenoxy) is 3. The number of halogens is 1. The molecule has 0 radical (unpaired) electrons. The van der Waals surface area contributed by atoms with E-state index in [2.05, 4.69) is 9.88 Å². The number of carbonyl (C=O) groups is 2. The zero-order chi connectivity index (χ0) is 23.7. The molecule has 1 amide bonds. The van der Waals surface area contributed by atoms with Crippen LogP contribution in [0.2, 0.25) is 0 Å². The van der Waals surface area contributed by atoms with Gasteiger partial charge in [-0.25, -0.2) is 9.37 Å². The monoisotopic (exact) mass is 479 g/mol. The first-order valence-corrected chi connectivity index (χ1v) is 12.3. The number of hydrogen-bond acceptors (Lipinski definition) is 7. The number of benzene rings is 1. The summed E-state index contributed by atoms with van der Waals surface area (Å²) in [5, 5.41) is 0. The average molecular weight is 480 g/mol. The lowest BCUT2D eigenvalue weighted by Gasteiger charge is -2.46. The van der Waals surface area contributed by atoms with Crippen LogP contribution in [-0.4, -0.2) is 64.2 Å². The van der Waals surface area contributed by atoms with Crippen LogP contribution in [0.25, 0.3) is 0 Å². The molecule has 4 aliphatic heterocycles. The van der Waals surface area contributed by atoms with Gasteiger partial charge < -0.3 is 19.1 Å². The van der Waals surface area contributed by atoms with Crippen molar-refractivity contribution in [3.05, 3.63) is 53.6 Å². The van der Waals surface area contributed by atoms with Crippen LogP contribution in [-0.2, 0) is 16.1 Å². The molecule has 0 N–H and O–H groups in total. The molecular weight excluding hydrogens is 453 g/mol. The third-order valence-electron chi connectivity index (χ3n) is 8.10. The Kier molecular flexibility index (Phi) is 4.77. The van der Waals surface area contributed by atoms with E-state index in [1.165, 1.54) is 12.1 Å². The van der Waals surface area contributed by atoms with E-state index < -0.39 is 5.82 Å². The summed E-state index contributed by atoms with van der Waals surface area (Å²) in [6.07, 6.45) is 4.23. The van der Waals surface area contributed by atoms with Gasteiger partial charge in [-0.05, 0) is 61.4 Å². The smallest absolute Gasteiger partial charge is 0.309 e. The Balaban J connectivity index is 1.21. The fraction of sp³-hybridized carbons (Fsp3) is 0.500. The molecule has 0 spiro atoms. The lowest BCUT2D eigenvalue weighted by Crippen LogP contribution is -2.58. The van der Waals surface area contributed by atoms with Crippen LogP contribution in [0.4, 0.5) is 4.39 Å². The van der Waals surface area contributed by atoms with Crippen molar-refractivity contribution in [2.75, 3.05) is 13.3 Å². The molecule has 182 valence electrons. The number of rotatable bonds is 5. The zero-order valence-electron chi connectivity index (χ0n) is 19.1. The minimum absolute atomic E-state index is 0.0159. The second-order valence-electron chi connectivity index (χ2n) is 10.3. The second-order valence-corrected chi connectivity index (χ2v) is 10.3. The van der Waals surface area contributed by atoms with Crippen LogP contribution in [0.15, 0.2) is 36.5 Å². The van der Waals surface area contributed by atoms with Gasteiger partial charge in [0.2, 0.25) is 6.79 Å². The number of amides is 1. The van der Waals surface area contributed by atoms with E-state index in [1.54, 1.807) is 0 Å². The molecule has 7 rings (SSSR count). The van der Waals surface area contributed by atoms with Crippen molar-refractivity contribution in [3.8, 4) is 11.5 Å². The summed E-state index contributed by atoms with van der Waals surface area (Å²) in [4.78, 5) is 34.6. The number of nitrogens with zero attached hydrogens (tertiary/aromatic N) is 3. The predicted molar refractivity (Wildman–Crippen MR) is 120 cm³/mol. The van der Waals surface area contributed by atoms with Gasteiger partial charge in [-0.1, -0.05) is 6.07 Å². The number of aromatic nitrogens is 1. The summed E-state index contributed by atoms with van der Waals surface area (Å²) in [6, 6.07) is 8.51. The fourth-order valence-electron chi connectivity index (χ4n) is 6.39. The van der Waals surface area contributed by atoms with Crippen molar-refractivity contribution < 1.29 is 28.2 Å². The molecule has 1 unspecified atom stereocenters. The second kappa shape index (κ2) is 7.91. The first-order valence-electron chi connectivity index (χ1n) is 12.3. The summed E-state index contributed by atoms with van der Waals surface area (Å²) < 4.78 is 30.6. The van der Waals surface area contributed by atoms with Gasteiger partial charge in [-0.15, -0.1) is 0 Å². The van der Waals surface area contributed by atoms with E-state index in [-0.39, 0.29) is 54.5 Å². The first kappa shape index (κ1) is 21.1. The van der Waals surface area contributed by atoms with Gasteiger partial charge in [-0.3, -0.25) is 14.5 Å². The van der Waals surface area contributed by atoms with Crippen molar-refractivity contribution in [2.24, 2.45) is 11.8 Å². The van der Waals surface area contributed by atoms with Crippen molar-refractivity contribution in [3.63, 3.8) is 0 Å². The zero-order valence-corrected chi connectivity index (χ0v) is 19.1. The third-order valence-corrected chi connectivity index (χ3v) is 8.10. The van der Waals surface area contributed by atoms with Gasteiger partial charge in [0.25, 0.3) is 5.91 Å². The number of carbonyl (C=O) groups excluding carboxylic acids is 2. The summed E-state index contributed by atoms with van der Waals surface area (Å²) >= 11 is 0. The van der Waals surface area contributed by atoms with Crippen LogP contribution in [0.1, 0.15) is 41.7 Å². The molecule has 9 heteroatoms. The van der Waals surface area contributed by atoms with Gasteiger partial charge in [0.15, 0.2) is 11.5 Å². The maximum Gasteiger partial charge on any atom is 0.309 e. The first-order chi connectivity index (χ1) is 17.0. The Labute approximate surface area is 202 Å². The topological polar surface area (TPSA) is 81.2 Å². The minimum atomic E-state index is -0.479. The molecule has 8 nitrogen and oxygen atoms in total. The molecule has 5 atom stereocenters. The highest BCUT2D eigenvalue weighted by molar-refractivity contribution is 5.92. The van der Waals surface area contributed by atoms with Crippen molar-refractivity contribution >= 4 is 11.9 Å². The van der Waals surface area contributed by atoms with Crippen LogP contribution in [0, 0.1) is 17.7 Å². The Morgan fingerprint density at radius 1 is 1.09 bits per heavy atom. The summed E-state index contributed by atoms with van der Waals surface area (Å²) in [5.74, 6) is 0.927. The lowest BCUT2D eigenvalue weighted by atomic mass is 9.86. The number of pyridine rings is 1. The molecule has 5 aliphatic rings. The SMILES string of the molecule is O=C(O[C@@H]1C2C[C@H]3C[C@@H]([C@@H]1N(C(=O)c1ccc(F)cn1)C3)N2Cc1ccc2c(c1)OCO2)C1CC1.